The SMILES string of the molecule is C[C@@H]1CCCC[C@H]1N(CC(=O)OC(C)(C)C)CC(=O)OC(C)(C)C. The molecule has 0 aliphatic heterocycles. The summed E-state index contributed by atoms with van der Waals surface area (Å²) < 4.78 is 10.9. The fourth-order valence-corrected chi connectivity index (χ4v) is 3.21. The number of hydrogen-bond acceptors (Lipinski definition) is 5. The normalized spacial score (nSPS) is 22.3. The van der Waals surface area contributed by atoms with Gasteiger partial charge in [0.05, 0.1) is 13.1 Å². The van der Waals surface area contributed by atoms with E-state index in [4.69, 9.17) is 9.47 Å². The Morgan fingerprint density at radius 1 is 0.875 bits per heavy atom. The third-order valence-electron chi connectivity index (χ3n) is 4.04. The highest BCUT2D eigenvalue weighted by atomic mass is 16.6. The molecular weight excluding hydrogens is 306 g/mol. The predicted octanol–water partition coefficient (Wildman–Crippen LogP) is 3.55. The van der Waals surface area contributed by atoms with Gasteiger partial charge in [0.25, 0.3) is 0 Å². The number of rotatable bonds is 5. The third kappa shape index (κ3) is 8.13. The Morgan fingerprint density at radius 2 is 1.29 bits per heavy atom. The molecule has 140 valence electrons. The summed E-state index contributed by atoms with van der Waals surface area (Å²) in [5.74, 6) is -0.115. The van der Waals surface area contributed by atoms with Crippen LogP contribution in [0.3, 0.4) is 0 Å². The van der Waals surface area contributed by atoms with Crippen LogP contribution in [-0.2, 0) is 19.1 Å². The van der Waals surface area contributed by atoms with E-state index in [2.05, 4.69) is 6.92 Å². The van der Waals surface area contributed by atoms with Crippen molar-refractivity contribution in [2.75, 3.05) is 13.1 Å². The van der Waals surface area contributed by atoms with Crippen molar-refractivity contribution in [3.05, 3.63) is 0 Å². The fraction of sp³-hybridized carbons (Fsp3) is 0.895. The fourth-order valence-electron chi connectivity index (χ4n) is 3.21. The highest BCUT2D eigenvalue weighted by molar-refractivity contribution is 5.75. The standard InChI is InChI=1S/C19H35NO4/c1-14-10-8-9-11-15(14)20(12-16(21)23-18(2,3)4)13-17(22)24-19(5,6)7/h14-15H,8-13H2,1-7H3/t14-,15-/m1/s1. The molecule has 2 atom stereocenters. The third-order valence-corrected chi connectivity index (χ3v) is 4.04. The zero-order valence-corrected chi connectivity index (χ0v) is 16.5. The molecule has 24 heavy (non-hydrogen) atoms. The van der Waals surface area contributed by atoms with Gasteiger partial charge in [-0.05, 0) is 60.3 Å². The molecule has 0 aromatic rings. The largest absolute Gasteiger partial charge is 0.459 e. The highest BCUT2D eigenvalue weighted by Gasteiger charge is 2.32. The molecule has 0 amide bonds. The lowest BCUT2D eigenvalue weighted by atomic mass is 9.85. The smallest absolute Gasteiger partial charge is 0.320 e. The quantitative estimate of drug-likeness (QED) is 0.716. The molecule has 0 radical (unpaired) electrons. The Labute approximate surface area is 147 Å². The van der Waals surface area contributed by atoms with E-state index in [9.17, 15) is 9.59 Å². The molecule has 0 spiro atoms. The van der Waals surface area contributed by atoms with Crippen molar-refractivity contribution in [3.8, 4) is 0 Å². The van der Waals surface area contributed by atoms with Gasteiger partial charge in [-0.25, -0.2) is 0 Å². The Balaban J connectivity index is 2.78. The van der Waals surface area contributed by atoms with E-state index >= 15 is 0 Å². The van der Waals surface area contributed by atoms with Crippen molar-refractivity contribution in [1.29, 1.82) is 0 Å². The van der Waals surface area contributed by atoms with Gasteiger partial charge in [-0.3, -0.25) is 14.5 Å². The molecule has 0 N–H and O–H groups in total. The van der Waals surface area contributed by atoms with Crippen LogP contribution in [0.2, 0.25) is 0 Å². The van der Waals surface area contributed by atoms with Gasteiger partial charge in [0, 0.05) is 6.04 Å². The van der Waals surface area contributed by atoms with E-state index in [1.54, 1.807) is 0 Å². The first-order valence-corrected chi connectivity index (χ1v) is 9.05. The van der Waals surface area contributed by atoms with Gasteiger partial charge in [0.2, 0.25) is 0 Å². The maximum atomic E-state index is 12.3. The van der Waals surface area contributed by atoms with Gasteiger partial charge in [-0.1, -0.05) is 19.8 Å². The average molecular weight is 341 g/mol. The topological polar surface area (TPSA) is 55.8 Å². The van der Waals surface area contributed by atoms with Crippen LogP contribution in [0, 0.1) is 5.92 Å². The van der Waals surface area contributed by atoms with Crippen molar-refractivity contribution in [3.63, 3.8) is 0 Å². The molecule has 0 heterocycles. The Hall–Kier alpha value is -1.10. The first-order valence-electron chi connectivity index (χ1n) is 9.05. The lowest BCUT2D eigenvalue weighted by molar-refractivity contribution is -0.161. The maximum Gasteiger partial charge on any atom is 0.320 e. The van der Waals surface area contributed by atoms with Gasteiger partial charge in [0.15, 0.2) is 0 Å². The van der Waals surface area contributed by atoms with E-state index in [0.717, 1.165) is 19.3 Å². The zero-order valence-electron chi connectivity index (χ0n) is 16.5. The van der Waals surface area contributed by atoms with Gasteiger partial charge in [0.1, 0.15) is 11.2 Å². The minimum absolute atomic E-state index is 0.130. The zero-order chi connectivity index (χ0) is 18.5. The summed E-state index contributed by atoms with van der Waals surface area (Å²) in [4.78, 5) is 26.5. The highest BCUT2D eigenvalue weighted by Crippen LogP contribution is 2.28. The molecular formula is C19H35NO4. The number of carbonyl (C=O) groups is 2. The number of esters is 2. The van der Waals surface area contributed by atoms with E-state index in [-0.39, 0.29) is 31.1 Å². The molecule has 1 rings (SSSR count). The summed E-state index contributed by atoms with van der Waals surface area (Å²) in [6.45, 7) is 13.6. The van der Waals surface area contributed by atoms with Gasteiger partial charge in [-0.2, -0.15) is 0 Å². The minimum atomic E-state index is -0.521. The summed E-state index contributed by atoms with van der Waals surface area (Å²) in [5.41, 5.74) is -1.04. The van der Waals surface area contributed by atoms with E-state index in [0.29, 0.717) is 5.92 Å². The second-order valence-corrected chi connectivity index (χ2v) is 8.91. The monoisotopic (exact) mass is 341 g/mol. The first-order chi connectivity index (χ1) is 10.9. The average Bonchev–Trinajstić information content (AvgIpc) is 2.33. The molecule has 1 aliphatic rings. The second kappa shape index (κ2) is 8.32. The van der Waals surface area contributed by atoms with E-state index < -0.39 is 11.2 Å². The number of ether oxygens (including phenoxy) is 2. The molecule has 5 heteroatoms. The van der Waals surface area contributed by atoms with Crippen LogP contribution in [0.4, 0.5) is 0 Å². The minimum Gasteiger partial charge on any atom is -0.459 e. The molecule has 1 aliphatic carbocycles. The Kier molecular flexibility index (Phi) is 7.26. The summed E-state index contributed by atoms with van der Waals surface area (Å²) in [5, 5.41) is 0. The molecule has 1 fully saturated rings. The summed E-state index contributed by atoms with van der Waals surface area (Å²) in [6.07, 6.45) is 4.48. The summed E-state index contributed by atoms with van der Waals surface area (Å²) in [6, 6.07) is 0.221. The molecule has 5 nitrogen and oxygen atoms in total. The molecule has 0 aromatic carbocycles. The second-order valence-electron chi connectivity index (χ2n) is 8.91. The van der Waals surface area contributed by atoms with Gasteiger partial charge in [-0.15, -0.1) is 0 Å². The van der Waals surface area contributed by atoms with Crippen LogP contribution in [0.1, 0.15) is 74.1 Å². The molecule has 1 saturated carbocycles. The van der Waals surface area contributed by atoms with Crippen LogP contribution in [0.15, 0.2) is 0 Å². The van der Waals surface area contributed by atoms with E-state index in [1.807, 2.05) is 46.4 Å². The van der Waals surface area contributed by atoms with Crippen molar-refractivity contribution >= 4 is 11.9 Å². The predicted molar refractivity (Wildman–Crippen MR) is 94.7 cm³/mol. The van der Waals surface area contributed by atoms with Crippen molar-refractivity contribution in [2.45, 2.75) is 91.4 Å². The molecule has 0 unspecified atom stereocenters. The number of hydrogen-bond donors (Lipinski definition) is 0. The van der Waals surface area contributed by atoms with Crippen molar-refractivity contribution in [2.24, 2.45) is 5.92 Å². The van der Waals surface area contributed by atoms with E-state index in [1.165, 1.54) is 6.42 Å². The number of carbonyl (C=O) groups excluding carboxylic acids is 2. The van der Waals surface area contributed by atoms with Gasteiger partial charge >= 0.3 is 11.9 Å². The number of nitrogens with zero attached hydrogens (tertiary/aromatic N) is 1. The molecule has 0 aromatic heterocycles. The van der Waals surface area contributed by atoms with Crippen LogP contribution < -0.4 is 0 Å². The van der Waals surface area contributed by atoms with Crippen molar-refractivity contribution in [1.82, 2.24) is 4.90 Å². The Morgan fingerprint density at radius 3 is 1.67 bits per heavy atom. The molecule has 0 bridgehead atoms. The van der Waals surface area contributed by atoms with Crippen LogP contribution in [0.25, 0.3) is 0 Å². The molecule has 0 saturated heterocycles. The van der Waals surface area contributed by atoms with Crippen LogP contribution >= 0.6 is 0 Å². The maximum absolute atomic E-state index is 12.3. The summed E-state index contributed by atoms with van der Waals surface area (Å²) >= 11 is 0. The van der Waals surface area contributed by atoms with Crippen LogP contribution in [-0.4, -0.2) is 47.2 Å². The van der Waals surface area contributed by atoms with Crippen LogP contribution in [0.5, 0.6) is 0 Å². The lowest BCUT2D eigenvalue weighted by Gasteiger charge is -2.38. The van der Waals surface area contributed by atoms with Gasteiger partial charge < -0.3 is 9.47 Å². The lowest BCUT2D eigenvalue weighted by Crippen LogP contribution is -2.48. The van der Waals surface area contributed by atoms with Crippen molar-refractivity contribution < 1.29 is 19.1 Å². The Bertz CT molecular complexity index is 404. The summed E-state index contributed by atoms with van der Waals surface area (Å²) in [7, 11) is 0. The first kappa shape index (κ1) is 20.9.